The van der Waals surface area contributed by atoms with Crippen LogP contribution in [0.5, 0.6) is 5.75 Å². The van der Waals surface area contributed by atoms with Gasteiger partial charge in [-0.25, -0.2) is 14.4 Å². The number of carboxylic acid groups (broad SMARTS) is 1. The number of amides is 1. The quantitative estimate of drug-likeness (QED) is 0.265. The highest BCUT2D eigenvalue weighted by Crippen LogP contribution is 2.31. The second-order valence-electron chi connectivity index (χ2n) is 11.3. The number of thioether (sulfide) groups is 1. The molecule has 3 atom stereocenters. The number of carbonyl (C=O) groups is 3. The first-order valence-corrected chi connectivity index (χ1v) is 15.7. The van der Waals surface area contributed by atoms with Gasteiger partial charge in [0.25, 0.3) is 0 Å². The summed E-state index contributed by atoms with van der Waals surface area (Å²) in [6.07, 6.45) is 1.51. The molecule has 7 rings (SSSR count). The summed E-state index contributed by atoms with van der Waals surface area (Å²) in [7, 11) is 0. The topological polar surface area (TPSA) is 108 Å². The van der Waals surface area contributed by atoms with E-state index in [0.717, 1.165) is 54.9 Å². The minimum Gasteiger partial charge on any atom is -0.479 e. The van der Waals surface area contributed by atoms with Crippen LogP contribution in [0.2, 0.25) is 0 Å². The molecule has 0 saturated carbocycles. The summed E-state index contributed by atoms with van der Waals surface area (Å²) in [4.78, 5) is 42.2. The van der Waals surface area contributed by atoms with Crippen LogP contribution in [0.4, 0.5) is 4.79 Å². The van der Waals surface area contributed by atoms with Crippen molar-refractivity contribution in [1.29, 1.82) is 0 Å². The third-order valence-electron chi connectivity index (χ3n) is 8.40. The fraction of sp³-hybridized carbons (Fsp3) is 0.364. The molecule has 4 aliphatic rings. The van der Waals surface area contributed by atoms with Gasteiger partial charge in [-0.2, -0.15) is 0 Å². The Kier molecular flexibility index (Phi) is 8.97. The highest BCUT2D eigenvalue weighted by Gasteiger charge is 2.37. The van der Waals surface area contributed by atoms with Gasteiger partial charge in [-0.3, -0.25) is 9.80 Å². The molecule has 0 radical (unpaired) electrons. The number of piperidine rings is 3. The third kappa shape index (κ3) is 7.04. The highest BCUT2D eigenvalue weighted by atomic mass is 32.2. The number of aliphatic carboxylic acids is 1. The van der Waals surface area contributed by atoms with Crippen LogP contribution in [-0.4, -0.2) is 76.3 Å². The molecule has 43 heavy (non-hydrogen) atoms. The number of nitrogens with zero attached hydrogens (tertiary/aromatic N) is 2. The van der Waals surface area contributed by atoms with Gasteiger partial charge in [0.05, 0.1) is 11.6 Å². The Morgan fingerprint density at radius 1 is 0.930 bits per heavy atom. The second kappa shape index (κ2) is 13.2. The first kappa shape index (κ1) is 29.2. The van der Waals surface area contributed by atoms with Crippen molar-refractivity contribution in [2.75, 3.05) is 31.9 Å². The summed E-state index contributed by atoms with van der Waals surface area (Å²) in [5.74, 6) is 0.167. The Morgan fingerprint density at radius 2 is 1.70 bits per heavy atom. The van der Waals surface area contributed by atoms with Crippen molar-refractivity contribution in [2.24, 2.45) is 5.92 Å². The maximum Gasteiger partial charge on any atom is 0.408 e. The third-order valence-corrected chi connectivity index (χ3v) is 9.63. The maximum atomic E-state index is 13.3. The molecule has 2 N–H and O–H groups in total. The van der Waals surface area contributed by atoms with Crippen molar-refractivity contribution in [3.8, 4) is 5.75 Å². The number of fused-ring (bicyclic) bond motifs is 3. The van der Waals surface area contributed by atoms with E-state index in [1.54, 1.807) is 36.4 Å². The molecule has 1 amide bonds. The van der Waals surface area contributed by atoms with Crippen LogP contribution in [0.1, 0.15) is 45.9 Å². The van der Waals surface area contributed by atoms with Gasteiger partial charge in [0.2, 0.25) is 0 Å². The first-order valence-electron chi connectivity index (χ1n) is 14.7. The second-order valence-corrected chi connectivity index (χ2v) is 12.5. The summed E-state index contributed by atoms with van der Waals surface area (Å²) >= 11 is 1.41. The summed E-state index contributed by atoms with van der Waals surface area (Å²) in [5, 5.41) is 11.9. The first-order chi connectivity index (χ1) is 20.9. The van der Waals surface area contributed by atoms with Crippen LogP contribution < -0.4 is 10.1 Å². The summed E-state index contributed by atoms with van der Waals surface area (Å²) < 4.78 is 11.6. The van der Waals surface area contributed by atoms with Gasteiger partial charge in [0.1, 0.15) is 11.9 Å². The lowest BCUT2D eigenvalue weighted by Crippen LogP contribution is -2.52. The van der Waals surface area contributed by atoms with Gasteiger partial charge in [-0.1, -0.05) is 54.6 Å². The molecule has 2 bridgehead atoms. The molecule has 4 heterocycles. The van der Waals surface area contributed by atoms with E-state index in [1.165, 1.54) is 11.8 Å². The van der Waals surface area contributed by atoms with E-state index in [0.29, 0.717) is 30.3 Å². The van der Waals surface area contributed by atoms with Crippen molar-refractivity contribution in [3.63, 3.8) is 0 Å². The Morgan fingerprint density at radius 3 is 2.44 bits per heavy atom. The average Bonchev–Trinajstić information content (AvgIpc) is 3.50. The predicted octanol–water partition coefficient (Wildman–Crippen LogP) is 4.78. The zero-order valence-corrected chi connectivity index (χ0v) is 24.6. The number of carbonyl (C=O) groups excluding carboxylic acids is 2. The lowest BCUT2D eigenvalue weighted by atomic mass is 9.86. The largest absolute Gasteiger partial charge is 0.479 e. The number of hydrogen-bond acceptors (Lipinski definition) is 8. The molecule has 0 aliphatic carbocycles. The van der Waals surface area contributed by atoms with Gasteiger partial charge >= 0.3 is 18.0 Å². The lowest BCUT2D eigenvalue weighted by molar-refractivity contribution is -0.139. The summed E-state index contributed by atoms with van der Waals surface area (Å²) in [5.41, 5.74) is 2.80. The minimum atomic E-state index is -0.847. The molecular formula is C33H35N3O6S. The summed E-state index contributed by atoms with van der Waals surface area (Å²) in [6, 6.07) is 23.3. The van der Waals surface area contributed by atoms with Gasteiger partial charge in [-0.15, -0.1) is 11.8 Å². The van der Waals surface area contributed by atoms with Crippen LogP contribution >= 0.6 is 11.8 Å². The number of rotatable bonds is 9. The zero-order chi connectivity index (χ0) is 29.8. The van der Waals surface area contributed by atoms with Gasteiger partial charge in [0, 0.05) is 25.4 Å². The molecule has 224 valence electrons. The lowest BCUT2D eigenvalue weighted by Gasteiger charge is -2.43. The maximum absolute atomic E-state index is 13.3. The molecular weight excluding hydrogens is 566 g/mol. The molecule has 3 aromatic rings. The molecule has 3 aromatic carbocycles. The molecule has 4 fully saturated rings. The standard InChI is InChI=1S/C33H35N3O6S/c37-31(38)30-36(16-17-43-30)20-22-6-4-11-27(18-22)41-32(39)26-10-5-9-25(19-26)29(24-7-2-1-3-8-24)34-33(40)42-28-21-35-14-12-23(28)13-15-35/h1-11,18-19,23,28-30H,12-17,20-21H2,(H,34,40)(H,37,38)/t28-,29-,30-/m0/s1. The Labute approximate surface area is 255 Å². The number of carboxylic acids is 1. The van der Waals surface area contributed by atoms with E-state index in [-0.39, 0.29) is 6.10 Å². The average molecular weight is 602 g/mol. The van der Waals surface area contributed by atoms with Crippen LogP contribution in [0.3, 0.4) is 0 Å². The number of nitrogens with one attached hydrogen (secondary N) is 1. The molecule has 0 aromatic heterocycles. The van der Waals surface area contributed by atoms with Gasteiger partial charge < -0.3 is 19.9 Å². The van der Waals surface area contributed by atoms with Gasteiger partial charge in [-0.05, 0) is 72.8 Å². The van der Waals surface area contributed by atoms with Crippen LogP contribution in [0.15, 0.2) is 78.9 Å². The highest BCUT2D eigenvalue weighted by molar-refractivity contribution is 8.00. The molecule has 9 nitrogen and oxygen atoms in total. The van der Waals surface area contributed by atoms with Crippen LogP contribution in [0.25, 0.3) is 0 Å². The zero-order valence-electron chi connectivity index (χ0n) is 23.8. The number of benzene rings is 3. The van der Waals surface area contributed by atoms with E-state index < -0.39 is 29.4 Å². The van der Waals surface area contributed by atoms with Crippen LogP contribution in [-0.2, 0) is 16.1 Å². The summed E-state index contributed by atoms with van der Waals surface area (Å²) in [6.45, 7) is 4.03. The van der Waals surface area contributed by atoms with Crippen molar-refractivity contribution >= 4 is 29.8 Å². The SMILES string of the molecule is O=C(N[C@@H](c1ccccc1)c1cccc(C(=O)Oc2cccc(CN3CCS[C@H]3C(=O)O)c2)c1)O[C@H]1CN2CCC1CC2. The van der Waals surface area contributed by atoms with Crippen molar-refractivity contribution < 1.29 is 29.0 Å². The number of hydrogen-bond donors (Lipinski definition) is 2. The number of ether oxygens (including phenoxy) is 2. The van der Waals surface area contributed by atoms with E-state index >= 15 is 0 Å². The fourth-order valence-electron chi connectivity index (χ4n) is 6.19. The molecule has 0 spiro atoms. The molecule has 0 unspecified atom stereocenters. The van der Waals surface area contributed by atoms with E-state index in [4.69, 9.17) is 9.47 Å². The van der Waals surface area contributed by atoms with E-state index in [9.17, 15) is 19.5 Å². The Hall–Kier alpha value is -3.86. The number of alkyl carbamates (subject to hydrolysis) is 1. The van der Waals surface area contributed by atoms with E-state index in [1.807, 2.05) is 47.4 Å². The molecule has 4 aliphatic heterocycles. The smallest absolute Gasteiger partial charge is 0.408 e. The van der Waals surface area contributed by atoms with E-state index in [2.05, 4.69) is 10.2 Å². The Balaban J connectivity index is 1.15. The fourth-order valence-corrected chi connectivity index (χ4v) is 7.28. The monoisotopic (exact) mass is 601 g/mol. The van der Waals surface area contributed by atoms with Crippen molar-refractivity contribution in [2.45, 2.75) is 36.9 Å². The number of esters is 1. The van der Waals surface area contributed by atoms with Crippen molar-refractivity contribution in [1.82, 2.24) is 15.1 Å². The van der Waals surface area contributed by atoms with Crippen LogP contribution in [0, 0.1) is 5.92 Å². The van der Waals surface area contributed by atoms with Gasteiger partial charge in [0.15, 0.2) is 5.37 Å². The predicted molar refractivity (Wildman–Crippen MR) is 163 cm³/mol. The Bertz CT molecular complexity index is 1460. The molecule has 4 saturated heterocycles. The minimum absolute atomic E-state index is 0.116. The normalized spacial score (nSPS) is 23.8. The molecule has 10 heteroatoms. The van der Waals surface area contributed by atoms with Crippen molar-refractivity contribution in [3.05, 3.63) is 101 Å².